The number of aromatic hydroxyl groups is 2. The minimum atomic E-state index is -0.526. The Morgan fingerprint density at radius 1 is 0.912 bits per heavy atom. The number of nitrogens with zero attached hydrogens (tertiary/aromatic N) is 1. The Labute approximate surface area is 194 Å². The summed E-state index contributed by atoms with van der Waals surface area (Å²) in [6.07, 6.45) is 1.93. The third-order valence-electron chi connectivity index (χ3n) is 6.56. The number of hydrogen-bond acceptors (Lipinski definition) is 3. The summed E-state index contributed by atoms with van der Waals surface area (Å²) in [5.41, 5.74) is 11.1. The summed E-state index contributed by atoms with van der Waals surface area (Å²) >= 11 is 0. The zero-order valence-corrected chi connectivity index (χ0v) is 18.3. The molecule has 0 unspecified atom stereocenters. The molecule has 0 atom stereocenters. The molecular weight excluding hydrogens is 426 g/mol. The highest BCUT2D eigenvalue weighted by atomic mass is 16.3. The topological polar surface area (TPSA) is 104 Å². The summed E-state index contributed by atoms with van der Waals surface area (Å²) < 4.78 is 1.80. The molecule has 0 fully saturated rings. The van der Waals surface area contributed by atoms with E-state index < -0.39 is 5.91 Å². The number of nitrogens with one attached hydrogen (secondary N) is 1. The minimum Gasteiger partial charge on any atom is -0.508 e. The molecule has 6 rings (SSSR count). The van der Waals surface area contributed by atoms with Crippen LogP contribution in [0.5, 0.6) is 11.6 Å². The molecule has 0 saturated carbocycles. The number of phenols is 1. The monoisotopic (exact) mass is 447 g/mol. The van der Waals surface area contributed by atoms with Gasteiger partial charge in [0.15, 0.2) is 0 Å². The van der Waals surface area contributed by atoms with E-state index in [2.05, 4.69) is 4.98 Å². The van der Waals surface area contributed by atoms with E-state index in [1.807, 2.05) is 67.7 Å². The number of hydrogen-bond donors (Lipinski definition) is 4. The lowest BCUT2D eigenvalue weighted by Crippen LogP contribution is -2.11. The molecule has 0 spiro atoms. The van der Waals surface area contributed by atoms with Gasteiger partial charge in [-0.05, 0) is 53.9 Å². The van der Waals surface area contributed by atoms with Gasteiger partial charge in [0, 0.05) is 33.8 Å². The van der Waals surface area contributed by atoms with Gasteiger partial charge in [-0.3, -0.25) is 9.36 Å². The molecule has 0 aliphatic carbocycles. The summed E-state index contributed by atoms with van der Waals surface area (Å²) in [6, 6.07) is 22.4. The number of carbonyl (C=O) groups excluding carboxylic acids is 1. The van der Waals surface area contributed by atoms with Gasteiger partial charge < -0.3 is 20.9 Å². The van der Waals surface area contributed by atoms with Crippen LogP contribution < -0.4 is 5.73 Å². The Morgan fingerprint density at radius 3 is 2.53 bits per heavy atom. The van der Waals surface area contributed by atoms with Gasteiger partial charge in [0.25, 0.3) is 5.91 Å². The predicted octanol–water partition coefficient (Wildman–Crippen LogP) is 5.75. The van der Waals surface area contributed by atoms with Gasteiger partial charge in [0.2, 0.25) is 5.88 Å². The van der Waals surface area contributed by atoms with Crippen molar-refractivity contribution in [3.8, 4) is 28.4 Å². The molecule has 166 valence electrons. The maximum atomic E-state index is 12.2. The molecule has 1 amide bonds. The lowest BCUT2D eigenvalue weighted by atomic mass is 9.93. The molecule has 0 aliphatic rings. The first-order valence-corrected chi connectivity index (χ1v) is 10.9. The quantitative estimate of drug-likeness (QED) is 0.278. The van der Waals surface area contributed by atoms with E-state index in [9.17, 15) is 15.0 Å². The van der Waals surface area contributed by atoms with Crippen molar-refractivity contribution in [3.63, 3.8) is 0 Å². The number of benzene rings is 4. The molecule has 0 radical (unpaired) electrons. The Balaban J connectivity index is 1.66. The van der Waals surface area contributed by atoms with E-state index in [4.69, 9.17) is 5.73 Å². The maximum absolute atomic E-state index is 12.2. The van der Waals surface area contributed by atoms with Crippen molar-refractivity contribution >= 4 is 38.5 Å². The van der Waals surface area contributed by atoms with Gasteiger partial charge in [-0.2, -0.15) is 0 Å². The number of carbonyl (C=O) groups is 1. The van der Waals surface area contributed by atoms with Gasteiger partial charge in [0.05, 0.1) is 22.3 Å². The average Bonchev–Trinajstić information content (AvgIpc) is 3.36. The van der Waals surface area contributed by atoms with E-state index >= 15 is 0 Å². The predicted molar refractivity (Wildman–Crippen MR) is 135 cm³/mol. The number of fused-ring (bicyclic) bond motifs is 4. The highest BCUT2D eigenvalue weighted by Crippen LogP contribution is 2.40. The van der Waals surface area contributed by atoms with Crippen LogP contribution in [0, 0.1) is 6.92 Å². The second kappa shape index (κ2) is 7.15. The molecule has 6 heteroatoms. The molecular formula is C28H21N3O3. The fourth-order valence-electron chi connectivity index (χ4n) is 4.93. The number of primary amides is 1. The van der Waals surface area contributed by atoms with Gasteiger partial charge in [-0.1, -0.05) is 36.4 Å². The van der Waals surface area contributed by atoms with Crippen LogP contribution in [0.4, 0.5) is 0 Å². The van der Waals surface area contributed by atoms with Gasteiger partial charge in [-0.25, -0.2) is 0 Å². The van der Waals surface area contributed by atoms with Crippen molar-refractivity contribution in [3.05, 3.63) is 90.1 Å². The van der Waals surface area contributed by atoms with E-state index in [0.717, 1.165) is 43.9 Å². The summed E-state index contributed by atoms with van der Waals surface area (Å²) in [7, 11) is 0. The number of aromatic amines is 1. The van der Waals surface area contributed by atoms with Crippen molar-refractivity contribution < 1.29 is 15.0 Å². The van der Waals surface area contributed by atoms with Crippen molar-refractivity contribution in [2.24, 2.45) is 5.73 Å². The fraction of sp³-hybridized carbons (Fsp3) is 0.0357. The molecule has 2 heterocycles. The number of nitrogens with two attached hydrogens (primary N) is 1. The Morgan fingerprint density at radius 2 is 1.74 bits per heavy atom. The Bertz CT molecular complexity index is 1780. The molecule has 5 N–H and O–H groups in total. The zero-order chi connectivity index (χ0) is 23.6. The van der Waals surface area contributed by atoms with Gasteiger partial charge in [-0.15, -0.1) is 0 Å². The first-order valence-electron chi connectivity index (χ1n) is 10.9. The van der Waals surface area contributed by atoms with Crippen molar-refractivity contribution in [2.75, 3.05) is 0 Å². The first kappa shape index (κ1) is 19.9. The number of aromatic nitrogens is 2. The number of H-pyrrole nitrogens is 1. The SMILES string of the molecule is Cc1c(-c2ccc(C(N)=O)c3[nH]c4cc(O)ccc4c23)cccc1-n1cc2ccccc2c1O. The maximum Gasteiger partial charge on any atom is 0.250 e. The van der Waals surface area contributed by atoms with Crippen LogP contribution >= 0.6 is 0 Å². The smallest absolute Gasteiger partial charge is 0.250 e. The van der Waals surface area contributed by atoms with Gasteiger partial charge >= 0.3 is 0 Å². The number of rotatable bonds is 3. The molecule has 4 aromatic carbocycles. The fourth-order valence-corrected chi connectivity index (χ4v) is 4.93. The summed E-state index contributed by atoms with van der Waals surface area (Å²) in [6.45, 7) is 2.02. The molecule has 2 aromatic heterocycles. The molecule has 0 bridgehead atoms. The molecule has 6 aromatic rings. The Hall–Kier alpha value is -4.71. The van der Waals surface area contributed by atoms with E-state index in [0.29, 0.717) is 16.6 Å². The average molecular weight is 447 g/mol. The second-order valence-corrected chi connectivity index (χ2v) is 8.49. The van der Waals surface area contributed by atoms with Crippen LogP contribution in [0.2, 0.25) is 0 Å². The van der Waals surface area contributed by atoms with Crippen molar-refractivity contribution in [1.29, 1.82) is 0 Å². The first-order chi connectivity index (χ1) is 16.4. The highest BCUT2D eigenvalue weighted by Gasteiger charge is 2.19. The van der Waals surface area contributed by atoms with Crippen LogP contribution in [0.25, 0.3) is 49.4 Å². The zero-order valence-electron chi connectivity index (χ0n) is 18.3. The van der Waals surface area contributed by atoms with E-state index in [1.165, 1.54) is 0 Å². The third kappa shape index (κ3) is 2.79. The minimum absolute atomic E-state index is 0.134. The number of phenolic OH excluding ortho intramolecular Hbond substituents is 1. The summed E-state index contributed by atoms with van der Waals surface area (Å²) in [5, 5.41) is 24.4. The van der Waals surface area contributed by atoms with Crippen LogP contribution in [0.1, 0.15) is 15.9 Å². The lowest BCUT2D eigenvalue weighted by molar-refractivity contribution is 0.100. The standard InChI is InChI=1S/C28H21N3O3/c1-15-18(7-4-8-24(15)31-14-16-5-2-3-6-19(16)28(31)34)20-11-12-22(27(29)33)26-25(20)21-10-9-17(32)13-23(21)30-26/h2-14,30,32,34H,1H3,(H2,29,33). The van der Waals surface area contributed by atoms with Crippen molar-refractivity contribution in [2.45, 2.75) is 6.92 Å². The molecule has 34 heavy (non-hydrogen) atoms. The molecule has 6 nitrogen and oxygen atoms in total. The van der Waals surface area contributed by atoms with Crippen LogP contribution in [-0.4, -0.2) is 25.7 Å². The molecule has 0 aliphatic heterocycles. The molecule has 0 saturated heterocycles. The summed E-state index contributed by atoms with van der Waals surface area (Å²) in [4.78, 5) is 15.4. The Kier molecular flexibility index (Phi) is 4.19. The van der Waals surface area contributed by atoms with Crippen LogP contribution in [0.3, 0.4) is 0 Å². The van der Waals surface area contributed by atoms with E-state index in [-0.39, 0.29) is 11.6 Å². The third-order valence-corrected chi connectivity index (χ3v) is 6.56. The van der Waals surface area contributed by atoms with Crippen molar-refractivity contribution in [1.82, 2.24) is 9.55 Å². The van der Waals surface area contributed by atoms with Gasteiger partial charge in [0.1, 0.15) is 5.75 Å². The number of amides is 1. The second-order valence-electron chi connectivity index (χ2n) is 8.49. The largest absolute Gasteiger partial charge is 0.508 e. The van der Waals surface area contributed by atoms with Crippen LogP contribution in [-0.2, 0) is 0 Å². The van der Waals surface area contributed by atoms with Crippen LogP contribution in [0.15, 0.2) is 79.0 Å². The highest BCUT2D eigenvalue weighted by molar-refractivity contribution is 6.20. The summed E-state index contributed by atoms with van der Waals surface area (Å²) in [5.74, 6) is -0.205. The van der Waals surface area contributed by atoms with E-state index in [1.54, 1.807) is 22.8 Å². The normalized spacial score (nSPS) is 11.6. The lowest BCUT2D eigenvalue weighted by Gasteiger charge is -2.15.